The molecule has 0 unspecified atom stereocenters. The smallest absolute Gasteiger partial charge is 0.336 e. The lowest BCUT2D eigenvalue weighted by Gasteiger charge is -2.12. The van der Waals surface area contributed by atoms with Gasteiger partial charge < -0.3 is 15.2 Å². The van der Waals surface area contributed by atoms with Crippen molar-refractivity contribution in [3.05, 3.63) is 64.7 Å². The summed E-state index contributed by atoms with van der Waals surface area (Å²) in [4.78, 5) is 11.1. The highest BCUT2D eigenvalue weighted by Crippen LogP contribution is 2.20. The van der Waals surface area contributed by atoms with Gasteiger partial charge in [-0.05, 0) is 35.7 Å². The number of carbonyl (C=O) groups is 1. The van der Waals surface area contributed by atoms with Crippen molar-refractivity contribution in [3.8, 4) is 0 Å². The maximum absolute atomic E-state index is 11.1. The summed E-state index contributed by atoms with van der Waals surface area (Å²) in [5, 5.41) is 12.4. The van der Waals surface area contributed by atoms with Crippen LogP contribution < -0.4 is 5.32 Å². The molecule has 0 spiro atoms. The van der Waals surface area contributed by atoms with Crippen LogP contribution in [0.1, 0.15) is 27.0 Å². The van der Waals surface area contributed by atoms with E-state index in [2.05, 4.69) is 5.32 Å². The minimum atomic E-state index is -0.903. The van der Waals surface area contributed by atoms with Gasteiger partial charge in [-0.2, -0.15) is 0 Å². The number of methoxy groups -OCH3 is 1. The van der Waals surface area contributed by atoms with E-state index >= 15 is 0 Å². The molecule has 2 N–H and O–H groups in total. The maximum atomic E-state index is 11.1. The van der Waals surface area contributed by atoms with Crippen LogP contribution in [0.2, 0.25) is 0 Å². The van der Waals surface area contributed by atoms with Gasteiger partial charge in [0.2, 0.25) is 0 Å². The fraction of sp³-hybridized carbons (Fsp3) is 0.235. The maximum Gasteiger partial charge on any atom is 0.336 e. The summed E-state index contributed by atoms with van der Waals surface area (Å²) in [6, 6.07) is 13.4. The second-order valence-electron chi connectivity index (χ2n) is 4.89. The molecule has 0 atom stereocenters. The molecule has 0 bridgehead atoms. The molecule has 0 fully saturated rings. The van der Waals surface area contributed by atoms with Crippen molar-refractivity contribution in [3.63, 3.8) is 0 Å². The summed E-state index contributed by atoms with van der Waals surface area (Å²) in [5.41, 5.74) is 4.19. The Kier molecular flexibility index (Phi) is 4.95. The van der Waals surface area contributed by atoms with E-state index in [1.807, 2.05) is 37.3 Å². The van der Waals surface area contributed by atoms with Crippen LogP contribution in [0.15, 0.2) is 42.5 Å². The van der Waals surface area contributed by atoms with E-state index in [9.17, 15) is 4.79 Å². The van der Waals surface area contributed by atoms with Crippen molar-refractivity contribution in [2.24, 2.45) is 0 Å². The van der Waals surface area contributed by atoms with Gasteiger partial charge in [-0.15, -0.1) is 0 Å². The Morgan fingerprint density at radius 1 is 1.14 bits per heavy atom. The first-order chi connectivity index (χ1) is 10.1. The van der Waals surface area contributed by atoms with Crippen molar-refractivity contribution in [1.82, 2.24) is 0 Å². The molecule has 4 heteroatoms. The number of nitrogens with one attached hydrogen (secondary N) is 1. The third-order valence-corrected chi connectivity index (χ3v) is 3.38. The fourth-order valence-corrected chi connectivity index (χ4v) is 2.18. The normalized spacial score (nSPS) is 10.4. The number of aromatic carboxylic acids is 1. The summed E-state index contributed by atoms with van der Waals surface area (Å²) in [6.45, 7) is 3.07. The van der Waals surface area contributed by atoms with Gasteiger partial charge in [-0.1, -0.05) is 30.3 Å². The number of hydrogen-bond acceptors (Lipinski definition) is 3. The lowest BCUT2D eigenvalue weighted by molar-refractivity contribution is 0.0696. The molecule has 0 amide bonds. The van der Waals surface area contributed by atoms with Crippen molar-refractivity contribution in [2.45, 2.75) is 20.1 Å². The van der Waals surface area contributed by atoms with Gasteiger partial charge in [-0.25, -0.2) is 4.79 Å². The van der Waals surface area contributed by atoms with Gasteiger partial charge in [0.1, 0.15) is 0 Å². The lowest BCUT2D eigenvalue weighted by Crippen LogP contribution is -2.05. The minimum Gasteiger partial charge on any atom is -0.478 e. The number of anilines is 1. The molecule has 21 heavy (non-hydrogen) atoms. The Labute approximate surface area is 124 Å². The zero-order valence-electron chi connectivity index (χ0n) is 12.2. The van der Waals surface area contributed by atoms with Gasteiger partial charge in [0.15, 0.2) is 0 Å². The standard InChI is InChI=1S/C17H19NO3/c1-12-15(17(19)20)4-3-5-16(12)18-10-13-6-8-14(9-7-13)11-21-2/h3-9,18H,10-11H2,1-2H3,(H,19,20). The zero-order chi connectivity index (χ0) is 15.2. The Hall–Kier alpha value is -2.33. The number of carboxylic acid groups (broad SMARTS) is 1. The topological polar surface area (TPSA) is 58.6 Å². The van der Waals surface area contributed by atoms with Crippen molar-refractivity contribution >= 4 is 11.7 Å². The van der Waals surface area contributed by atoms with Gasteiger partial charge in [0.05, 0.1) is 12.2 Å². The summed E-state index contributed by atoms with van der Waals surface area (Å²) >= 11 is 0. The molecule has 0 aliphatic rings. The first kappa shape index (κ1) is 15.1. The van der Waals surface area contributed by atoms with E-state index in [1.165, 1.54) is 0 Å². The van der Waals surface area contributed by atoms with Crippen molar-refractivity contribution in [1.29, 1.82) is 0 Å². The quantitative estimate of drug-likeness (QED) is 0.853. The molecule has 4 nitrogen and oxygen atoms in total. The van der Waals surface area contributed by atoms with Gasteiger partial charge in [-0.3, -0.25) is 0 Å². The van der Waals surface area contributed by atoms with Gasteiger partial charge >= 0.3 is 5.97 Å². The van der Waals surface area contributed by atoms with E-state index in [4.69, 9.17) is 9.84 Å². The highest BCUT2D eigenvalue weighted by Gasteiger charge is 2.09. The predicted octanol–water partition coefficient (Wildman–Crippen LogP) is 3.45. The number of benzene rings is 2. The second-order valence-corrected chi connectivity index (χ2v) is 4.89. The Morgan fingerprint density at radius 2 is 1.81 bits per heavy atom. The second kappa shape index (κ2) is 6.90. The highest BCUT2D eigenvalue weighted by molar-refractivity contribution is 5.91. The molecular weight excluding hydrogens is 266 g/mol. The van der Waals surface area contributed by atoms with Gasteiger partial charge in [0.25, 0.3) is 0 Å². The number of rotatable bonds is 6. The van der Waals surface area contributed by atoms with Crippen LogP contribution in [0.5, 0.6) is 0 Å². The van der Waals surface area contributed by atoms with Crippen molar-refractivity contribution in [2.75, 3.05) is 12.4 Å². The Balaban J connectivity index is 2.06. The van der Waals surface area contributed by atoms with E-state index < -0.39 is 5.97 Å². The molecule has 0 radical (unpaired) electrons. The van der Waals surface area contributed by atoms with E-state index in [-0.39, 0.29) is 0 Å². The van der Waals surface area contributed by atoms with Crippen molar-refractivity contribution < 1.29 is 14.6 Å². The molecule has 2 aromatic carbocycles. The number of hydrogen-bond donors (Lipinski definition) is 2. The number of ether oxygens (including phenoxy) is 1. The summed E-state index contributed by atoms with van der Waals surface area (Å²) in [5.74, 6) is -0.903. The van der Waals surface area contributed by atoms with Crippen LogP contribution in [0.25, 0.3) is 0 Å². The average molecular weight is 285 g/mol. The van der Waals surface area contributed by atoms with Crippen LogP contribution in [0, 0.1) is 6.92 Å². The monoisotopic (exact) mass is 285 g/mol. The fourth-order valence-electron chi connectivity index (χ4n) is 2.18. The largest absolute Gasteiger partial charge is 0.478 e. The highest BCUT2D eigenvalue weighted by atomic mass is 16.5. The van der Waals surface area contributed by atoms with Gasteiger partial charge in [0, 0.05) is 19.3 Å². The Morgan fingerprint density at radius 3 is 2.43 bits per heavy atom. The third kappa shape index (κ3) is 3.83. The van der Waals surface area contributed by atoms with Crippen LogP contribution in [0.3, 0.4) is 0 Å². The van der Waals surface area contributed by atoms with Crippen LogP contribution >= 0.6 is 0 Å². The first-order valence-corrected chi connectivity index (χ1v) is 6.75. The third-order valence-electron chi connectivity index (χ3n) is 3.38. The SMILES string of the molecule is COCc1ccc(CNc2cccc(C(=O)O)c2C)cc1. The molecule has 110 valence electrons. The first-order valence-electron chi connectivity index (χ1n) is 6.75. The molecule has 2 rings (SSSR count). The average Bonchev–Trinajstić information content (AvgIpc) is 2.48. The minimum absolute atomic E-state index is 0.329. The summed E-state index contributed by atoms with van der Waals surface area (Å²) in [6.07, 6.45) is 0. The van der Waals surface area contributed by atoms with Crippen LogP contribution in [-0.2, 0) is 17.9 Å². The van der Waals surface area contributed by atoms with E-state index in [0.29, 0.717) is 18.7 Å². The van der Waals surface area contributed by atoms with Crippen LogP contribution in [-0.4, -0.2) is 18.2 Å². The molecule has 0 saturated heterocycles. The zero-order valence-corrected chi connectivity index (χ0v) is 12.2. The summed E-state index contributed by atoms with van der Waals surface area (Å²) in [7, 11) is 1.67. The van der Waals surface area contributed by atoms with E-state index in [0.717, 1.165) is 22.4 Å². The molecule has 0 aliphatic heterocycles. The number of carboxylic acids is 1. The lowest BCUT2D eigenvalue weighted by atomic mass is 10.1. The molecular formula is C17H19NO3. The molecule has 0 aliphatic carbocycles. The predicted molar refractivity (Wildman–Crippen MR) is 82.6 cm³/mol. The molecule has 0 saturated carbocycles. The summed E-state index contributed by atoms with van der Waals surface area (Å²) < 4.78 is 5.08. The van der Waals surface area contributed by atoms with E-state index in [1.54, 1.807) is 19.2 Å². The van der Waals surface area contributed by atoms with Crippen LogP contribution in [0.4, 0.5) is 5.69 Å². The Bertz CT molecular complexity index is 620. The molecule has 0 aromatic heterocycles. The molecule has 2 aromatic rings. The molecule has 0 heterocycles.